The zero-order valence-corrected chi connectivity index (χ0v) is 38.1. The first-order chi connectivity index (χ1) is 33.0. The third kappa shape index (κ3) is 6.43. The van der Waals surface area contributed by atoms with Crippen LogP contribution in [0.15, 0.2) is 246 Å². The fourth-order valence-corrected chi connectivity index (χ4v) is 11.8. The van der Waals surface area contributed by atoms with Gasteiger partial charge in [-0.15, -0.1) is 0 Å². The van der Waals surface area contributed by atoms with Crippen molar-refractivity contribution in [1.82, 2.24) is 4.57 Å². The smallest absolute Gasteiger partial charge is 0.0602 e. The molecule has 1 aliphatic carbocycles. The molecule has 318 valence electrons. The van der Waals surface area contributed by atoms with Crippen LogP contribution in [0.25, 0.3) is 60.9 Å². The van der Waals surface area contributed by atoms with Crippen LogP contribution >= 0.6 is 11.8 Å². The van der Waals surface area contributed by atoms with E-state index in [1.165, 1.54) is 93.2 Å². The van der Waals surface area contributed by atoms with Crippen LogP contribution in [0.1, 0.15) is 25.0 Å². The van der Waals surface area contributed by atoms with Crippen molar-refractivity contribution >= 4 is 67.7 Å². The van der Waals surface area contributed by atoms with E-state index < -0.39 is 0 Å². The van der Waals surface area contributed by atoms with Crippen molar-refractivity contribution in [2.45, 2.75) is 29.1 Å². The first kappa shape index (κ1) is 39.3. The van der Waals surface area contributed by atoms with Gasteiger partial charge in [-0.1, -0.05) is 159 Å². The van der Waals surface area contributed by atoms with Crippen LogP contribution in [0.2, 0.25) is 0 Å². The molecule has 4 heteroatoms. The molecule has 0 saturated carbocycles. The minimum absolute atomic E-state index is 0.120. The second kappa shape index (κ2) is 15.5. The first-order valence-corrected chi connectivity index (χ1v) is 23.9. The summed E-state index contributed by atoms with van der Waals surface area (Å²) in [5.41, 5.74) is 20.5. The van der Waals surface area contributed by atoms with Gasteiger partial charge in [-0.2, -0.15) is 0 Å². The van der Waals surface area contributed by atoms with Gasteiger partial charge in [0.15, 0.2) is 0 Å². The van der Waals surface area contributed by atoms with E-state index in [-0.39, 0.29) is 5.41 Å². The number of aromatic nitrogens is 1. The third-order valence-electron chi connectivity index (χ3n) is 14.0. The second-order valence-corrected chi connectivity index (χ2v) is 19.3. The molecule has 1 aliphatic heterocycles. The largest absolute Gasteiger partial charge is 0.310 e. The number of nitrogens with zero attached hydrogens (tertiary/aromatic N) is 3. The predicted molar refractivity (Wildman–Crippen MR) is 283 cm³/mol. The van der Waals surface area contributed by atoms with Crippen LogP contribution in [0.4, 0.5) is 34.1 Å². The lowest BCUT2D eigenvalue weighted by Gasteiger charge is -2.33. The van der Waals surface area contributed by atoms with E-state index in [1.54, 1.807) is 0 Å². The molecule has 0 bridgehead atoms. The molecule has 1 aromatic heterocycles. The average molecular weight is 876 g/mol. The summed E-state index contributed by atoms with van der Waals surface area (Å²) in [5, 5.41) is 2.50. The molecule has 0 fully saturated rings. The van der Waals surface area contributed by atoms with Crippen molar-refractivity contribution in [3.05, 3.63) is 248 Å². The standard InChI is InChI=1S/C63H45N3S/c1-63(2)55-21-11-9-19-51(55)52-36-35-50(41-56(52)63)64(48-31-25-42(26-32-48)44-29-37-58-54(39-44)53-20-10-12-22-57(53)65(58)46-15-5-3-6-16-46)49-33-27-43(28-34-49)45-30-38-60-62(40-45)67-61-24-14-13-23-59(61)66(60)47-17-7-4-8-18-47/h3-41H,1-2H3. The monoisotopic (exact) mass is 875 g/mol. The molecule has 10 aromatic carbocycles. The lowest BCUT2D eigenvalue weighted by atomic mass is 9.82. The summed E-state index contributed by atoms with van der Waals surface area (Å²) in [4.78, 5) is 7.30. The zero-order chi connectivity index (χ0) is 44.6. The number of rotatable bonds is 7. The fourth-order valence-electron chi connectivity index (χ4n) is 10.7. The lowest BCUT2D eigenvalue weighted by molar-refractivity contribution is 0.660. The van der Waals surface area contributed by atoms with E-state index in [4.69, 9.17) is 0 Å². The van der Waals surface area contributed by atoms with E-state index in [2.05, 4.69) is 265 Å². The van der Waals surface area contributed by atoms with Crippen LogP contribution in [-0.2, 0) is 5.41 Å². The molecule has 0 amide bonds. The fraction of sp³-hybridized carbons (Fsp3) is 0.0476. The van der Waals surface area contributed by atoms with E-state index >= 15 is 0 Å². The lowest BCUT2D eigenvalue weighted by Crippen LogP contribution is -2.16. The van der Waals surface area contributed by atoms with Gasteiger partial charge >= 0.3 is 0 Å². The molecule has 67 heavy (non-hydrogen) atoms. The van der Waals surface area contributed by atoms with Gasteiger partial charge in [0.05, 0.1) is 22.4 Å². The Bertz CT molecular complexity index is 3680. The number of fused-ring (bicyclic) bond motifs is 8. The molecule has 0 unspecified atom stereocenters. The van der Waals surface area contributed by atoms with Gasteiger partial charge in [-0.25, -0.2) is 0 Å². The maximum atomic E-state index is 2.42. The average Bonchev–Trinajstić information content (AvgIpc) is 3.84. The van der Waals surface area contributed by atoms with Crippen molar-refractivity contribution in [3.8, 4) is 39.1 Å². The molecule has 13 rings (SSSR count). The highest BCUT2D eigenvalue weighted by Crippen LogP contribution is 2.53. The van der Waals surface area contributed by atoms with Crippen molar-refractivity contribution in [3.63, 3.8) is 0 Å². The van der Waals surface area contributed by atoms with Gasteiger partial charge in [-0.3, -0.25) is 0 Å². The molecule has 0 atom stereocenters. The molecule has 2 heterocycles. The first-order valence-electron chi connectivity index (χ1n) is 23.1. The number of benzene rings is 10. The summed E-state index contributed by atoms with van der Waals surface area (Å²) in [6.07, 6.45) is 0. The Balaban J connectivity index is 0.884. The summed E-state index contributed by atoms with van der Waals surface area (Å²) in [6.45, 7) is 4.72. The Morgan fingerprint density at radius 1 is 0.373 bits per heavy atom. The zero-order valence-electron chi connectivity index (χ0n) is 37.3. The maximum Gasteiger partial charge on any atom is 0.0602 e. The third-order valence-corrected chi connectivity index (χ3v) is 15.1. The highest BCUT2D eigenvalue weighted by Gasteiger charge is 2.36. The molecule has 11 aromatic rings. The van der Waals surface area contributed by atoms with E-state index in [0.717, 1.165) is 22.7 Å². The summed E-state index contributed by atoms with van der Waals surface area (Å²) in [6, 6.07) is 86.8. The summed E-state index contributed by atoms with van der Waals surface area (Å²) in [7, 11) is 0. The Kier molecular flexibility index (Phi) is 9.13. The quantitative estimate of drug-likeness (QED) is 0.158. The van der Waals surface area contributed by atoms with Gasteiger partial charge < -0.3 is 14.4 Å². The summed E-state index contributed by atoms with van der Waals surface area (Å²) >= 11 is 1.85. The molecular weight excluding hydrogens is 831 g/mol. The summed E-state index contributed by atoms with van der Waals surface area (Å²) in [5.74, 6) is 0. The summed E-state index contributed by atoms with van der Waals surface area (Å²) < 4.78 is 2.38. The van der Waals surface area contributed by atoms with Crippen molar-refractivity contribution in [2.75, 3.05) is 9.80 Å². The Morgan fingerprint density at radius 2 is 0.925 bits per heavy atom. The highest BCUT2D eigenvalue weighted by atomic mass is 32.2. The van der Waals surface area contributed by atoms with Crippen LogP contribution in [0.5, 0.6) is 0 Å². The van der Waals surface area contributed by atoms with Gasteiger partial charge in [-0.05, 0) is 148 Å². The van der Waals surface area contributed by atoms with E-state index in [9.17, 15) is 0 Å². The Hall–Kier alpha value is -8.05. The molecule has 0 saturated heterocycles. The maximum absolute atomic E-state index is 2.42. The second-order valence-electron chi connectivity index (χ2n) is 18.2. The van der Waals surface area contributed by atoms with Gasteiger partial charge in [0.2, 0.25) is 0 Å². The van der Waals surface area contributed by atoms with Gasteiger partial charge in [0.1, 0.15) is 0 Å². The molecular formula is C63H45N3S. The molecule has 0 N–H and O–H groups in total. The number of hydrogen-bond donors (Lipinski definition) is 0. The molecule has 0 spiro atoms. The van der Waals surface area contributed by atoms with Crippen LogP contribution in [-0.4, -0.2) is 4.57 Å². The van der Waals surface area contributed by atoms with Crippen LogP contribution in [0.3, 0.4) is 0 Å². The Morgan fingerprint density at radius 3 is 1.69 bits per heavy atom. The highest BCUT2D eigenvalue weighted by molar-refractivity contribution is 7.99. The normalized spacial score (nSPS) is 13.3. The molecule has 0 radical (unpaired) electrons. The van der Waals surface area contributed by atoms with Crippen LogP contribution in [0, 0.1) is 0 Å². The topological polar surface area (TPSA) is 11.4 Å². The number of para-hydroxylation sites is 4. The van der Waals surface area contributed by atoms with Crippen molar-refractivity contribution in [2.24, 2.45) is 0 Å². The minimum Gasteiger partial charge on any atom is -0.310 e. The van der Waals surface area contributed by atoms with E-state index in [0.29, 0.717) is 0 Å². The van der Waals surface area contributed by atoms with Gasteiger partial charge in [0.25, 0.3) is 0 Å². The van der Waals surface area contributed by atoms with E-state index in [1.807, 2.05) is 11.8 Å². The minimum atomic E-state index is -0.120. The van der Waals surface area contributed by atoms with Crippen molar-refractivity contribution in [1.29, 1.82) is 0 Å². The number of anilines is 6. The van der Waals surface area contributed by atoms with Crippen LogP contribution < -0.4 is 9.80 Å². The Labute approximate surface area is 395 Å². The number of hydrogen-bond acceptors (Lipinski definition) is 3. The predicted octanol–water partition coefficient (Wildman–Crippen LogP) is 17.8. The van der Waals surface area contributed by atoms with Crippen molar-refractivity contribution < 1.29 is 0 Å². The molecule has 2 aliphatic rings. The SMILES string of the molecule is CC1(C)c2ccccc2-c2ccc(N(c3ccc(-c4ccc5c(c4)Sc4ccccc4N5c4ccccc4)cc3)c3ccc(-c4ccc5c(c4)c4ccccc4n5-c4ccccc4)cc3)cc21. The molecule has 3 nitrogen and oxygen atoms in total. The van der Waals surface area contributed by atoms with Gasteiger partial charge in [0, 0.05) is 54.4 Å².